The summed E-state index contributed by atoms with van der Waals surface area (Å²) in [4.78, 5) is 26.5. The largest absolute Gasteiger partial charge is 0.496 e. The smallest absolute Gasteiger partial charge is 0.292 e. The lowest BCUT2D eigenvalue weighted by molar-refractivity contribution is -0.117. The number of aryl methyl sites for hydroxylation is 1. The van der Waals surface area contributed by atoms with E-state index in [1.54, 1.807) is 19.2 Å². The summed E-state index contributed by atoms with van der Waals surface area (Å²) in [6, 6.07) is 14.5. The van der Waals surface area contributed by atoms with Crippen molar-refractivity contribution in [1.29, 1.82) is 0 Å². The topological polar surface area (TPSA) is 58.6 Å². The maximum Gasteiger partial charge on any atom is 0.292 e. The Morgan fingerprint density at radius 2 is 1.72 bits per heavy atom. The minimum absolute atomic E-state index is 0.106. The van der Waals surface area contributed by atoms with Crippen LogP contribution in [0.15, 0.2) is 48.5 Å². The van der Waals surface area contributed by atoms with Crippen LogP contribution in [0.1, 0.15) is 27.5 Å². The van der Waals surface area contributed by atoms with Gasteiger partial charge in [0.25, 0.3) is 5.91 Å². The predicted octanol–water partition coefficient (Wildman–Crippen LogP) is 2.61. The molecule has 0 heterocycles. The zero-order chi connectivity index (χ0) is 18.4. The van der Waals surface area contributed by atoms with Gasteiger partial charge in [-0.25, -0.2) is 0 Å². The van der Waals surface area contributed by atoms with Gasteiger partial charge in [0.15, 0.2) is 0 Å². The van der Waals surface area contributed by atoms with Crippen LogP contribution in [0.2, 0.25) is 0 Å². The Hall–Kier alpha value is -2.66. The molecule has 0 saturated heterocycles. The lowest BCUT2D eigenvalue weighted by Crippen LogP contribution is -2.38. The average Bonchev–Trinajstić information content (AvgIpc) is 2.61. The number of amides is 1. The molecule has 5 heteroatoms. The Morgan fingerprint density at radius 3 is 2.32 bits per heavy atom. The van der Waals surface area contributed by atoms with Crippen LogP contribution in [0.5, 0.6) is 5.75 Å². The zero-order valence-electron chi connectivity index (χ0n) is 15.1. The number of carbonyl (C=O) groups is 2. The van der Waals surface area contributed by atoms with Crippen molar-refractivity contribution in [3.05, 3.63) is 65.2 Å². The summed E-state index contributed by atoms with van der Waals surface area (Å²) in [5.41, 5.74) is 2.39. The number of carbonyl (C=O) groups excluding carboxylic acids is 2. The van der Waals surface area contributed by atoms with E-state index < -0.39 is 11.7 Å². The molecule has 132 valence electrons. The van der Waals surface area contributed by atoms with Gasteiger partial charge in [-0.15, -0.1) is 0 Å². The summed E-state index contributed by atoms with van der Waals surface area (Å²) in [6.45, 7) is 2.24. The molecule has 2 rings (SSSR count). The number of ketones is 1. The van der Waals surface area contributed by atoms with Crippen LogP contribution in [0.3, 0.4) is 0 Å². The highest BCUT2D eigenvalue weighted by Crippen LogP contribution is 2.27. The molecule has 1 amide bonds. The minimum Gasteiger partial charge on any atom is -0.496 e. The molecule has 0 aliphatic rings. The van der Waals surface area contributed by atoms with Gasteiger partial charge >= 0.3 is 0 Å². The van der Waals surface area contributed by atoms with Crippen molar-refractivity contribution in [1.82, 2.24) is 10.2 Å². The van der Waals surface area contributed by atoms with Crippen LogP contribution in [0.4, 0.5) is 0 Å². The second kappa shape index (κ2) is 8.44. The van der Waals surface area contributed by atoms with Crippen molar-refractivity contribution in [3.63, 3.8) is 0 Å². The summed E-state index contributed by atoms with van der Waals surface area (Å²) >= 11 is 0. The zero-order valence-corrected chi connectivity index (χ0v) is 15.1. The molecule has 0 saturated carbocycles. The molecule has 1 atom stereocenters. The van der Waals surface area contributed by atoms with E-state index in [0.29, 0.717) is 12.1 Å². The highest BCUT2D eigenvalue weighted by atomic mass is 16.5. The van der Waals surface area contributed by atoms with Crippen molar-refractivity contribution < 1.29 is 14.3 Å². The Bertz CT molecular complexity index is 739. The van der Waals surface area contributed by atoms with Gasteiger partial charge < -0.3 is 15.0 Å². The second-order valence-electron chi connectivity index (χ2n) is 6.13. The van der Waals surface area contributed by atoms with Crippen LogP contribution in [-0.2, 0) is 4.79 Å². The molecular weight excluding hydrogens is 316 g/mol. The molecule has 5 nitrogen and oxygen atoms in total. The predicted molar refractivity (Wildman–Crippen MR) is 97.9 cm³/mol. The Kier molecular flexibility index (Phi) is 6.31. The first kappa shape index (κ1) is 18.7. The summed E-state index contributed by atoms with van der Waals surface area (Å²) in [7, 11) is 5.46. The van der Waals surface area contributed by atoms with Crippen molar-refractivity contribution in [2.75, 3.05) is 27.7 Å². The van der Waals surface area contributed by atoms with E-state index in [-0.39, 0.29) is 6.04 Å². The number of hydrogen-bond acceptors (Lipinski definition) is 4. The standard InChI is InChI=1S/C20H24N2O3/c1-14-9-11-15(12-10-14)19(23)20(24)21-13-17(22(2)3)16-7-5-6-8-18(16)25-4/h5-12,17H,13H2,1-4H3,(H,21,24). The van der Waals surface area contributed by atoms with Crippen LogP contribution in [0, 0.1) is 6.92 Å². The quantitative estimate of drug-likeness (QED) is 0.622. The summed E-state index contributed by atoms with van der Waals surface area (Å²) in [5, 5.41) is 2.74. The Morgan fingerprint density at radius 1 is 1.08 bits per heavy atom. The normalized spacial score (nSPS) is 11.9. The number of ether oxygens (including phenoxy) is 1. The molecule has 1 unspecified atom stereocenters. The monoisotopic (exact) mass is 340 g/mol. The van der Waals surface area contributed by atoms with Gasteiger partial charge in [0.05, 0.1) is 13.2 Å². The number of rotatable bonds is 7. The molecule has 0 radical (unpaired) electrons. The summed E-state index contributed by atoms with van der Waals surface area (Å²) in [6.07, 6.45) is 0. The molecule has 0 spiro atoms. The molecule has 0 bridgehead atoms. The first-order valence-corrected chi connectivity index (χ1v) is 8.12. The molecule has 0 aliphatic heterocycles. The third-order valence-electron chi connectivity index (χ3n) is 4.10. The number of Topliss-reactive ketones (excluding diaryl/α,β-unsaturated/α-hetero) is 1. The second-order valence-corrected chi connectivity index (χ2v) is 6.13. The summed E-state index contributed by atoms with van der Waals surface area (Å²) in [5.74, 6) is -0.386. The first-order chi connectivity index (χ1) is 11.9. The highest BCUT2D eigenvalue weighted by Gasteiger charge is 2.21. The van der Waals surface area contributed by atoms with E-state index in [1.165, 1.54) is 0 Å². The highest BCUT2D eigenvalue weighted by molar-refractivity contribution is 6.42. The van der Waals surface area contributed by atoms with Gasteiger partial charge in [-0.2, -0.15) is 0 Å². The lowest BCUT2D eigenvalue weighted by Gasteiger charge is -2.26. The maximum absolute atomic E-state index is 12.2. The number of likely N-dealkylation sites (N-methyl/N-ethyl adjacent to an activating group) is 1. The number of hydrogen-bond donors (Lipinski definition) is 1. The number of methoxy groups -OCH3 is 1. The van der Waals surface area contributed by atoms with Crippen LogP contribution in [-0.4, -0.2) is 44.3 Å². The number of para-hydroxylation sites is 1. The van der Waals surface area contributed by atoms with Crippen molar-refractivity contribution >= 4 is 11.7 Å². The van der Waals surface area contributed by atoms with Gasteiger partial charge in [0, 0.05) is 17.7 Å². The van der Waals surface area contributed by atoms with Gasteiger partial charge in [-0.3, -0.25) is 9.59 Å². The number of nitrogens with one attached hydrogen (secondary N) is 1. The molecule has 25 heavy (non-hydrogen) atoms. The molecule has 2 aromatic rings. The third kappa shape index (κ3) is 4.67. The number of nitrogens with zero attached hydrogens (tertiary/aromatic N) is 1. The molecular formula is C20H24N2O3. The van der Waals surface area contributed by atoms with E-state index in [2.05, 4.69) is 5.32 Å². The van der Waals surface area contributed by atoms with Crippen LogP contribution >= 0.6 is 0 Å². The molecule has 0 fully saturated rings. The van der Waals surface area contributed by atoms with Gasteiger partial charge in [-0.05, 0) is 27.1 Å². The Labute approximate surface area is 148 Å². The van der Waals surface area contributed by atoms with E-state index in [4.69, 9.17) is 4.74 Å². The minimum atomic E-state index is -0.606. The van der Waals surface area contributed by atoms with E-state index >= 15 is 0 Å². The summed E-state index contributed by atoms with van der Waals surface area (Å²) < 4.78 is 5.40. The van der Waals surface area contributed by atoms with Gasteiger partial charge in [-0.1, -0.05) is 48.0 Å². The van der Waals surface area contributed by atoms with Crippen molar-refractivity contribution in [2.45, 2.75) is 13.0 Å². The molecule has 0 aliphatic carbocycles. The van der Waals surface area contributed by atoms with Crippen LogP contribution < -0.4 is 10.1 Å². The fourth-order valence-electron chi connectivity index (χ4n) is 2.62. The van der Waals surface area contributed by atoms with E-state index in [9.17, 15) is 9.59 Å². The van der Waals surface area contributed by atoms with Crippen LogP contribution in [0.25, 0.3) is 0 Å². The molecule has 1 N–H and O–H groups in total. The average molecular weight is 340 g/mol. The number of benzene rings is 2. The fourth-order valence-corrected chi connectivity index (χ4v) is 2.62. The van der Waals surface area contributed by atoms with Crippen molar-refractivity contribution in [2.24, 2.45) is 0 Å². The van der Waals surface area contributed by atoms with E-state index in [0.717, 1.165) is 16.9 Å². The maximum atomic E-state index is 12.2. The Balaban J connectivity index is 2.09. The van der Waals surface area contributed by atoms with E-state index in [1.807, 2.05) is 62.3 Å². The van der Waals surface area contributed by atoms with Gasteiger partial charge in [0.2, 0.25) is 5.78 Å². The van der Waals surface area contributed by atoms with Crippen molar-refractivity contribution in [3.8, 4) is 5.75 Å². The first-order valence-electron chi connectivity index (χ1n) is 8.12. The third-order valence-corrected chi connectivity index (χ3v) is 4.10. The lowest BCUT2D eigenvalue weighted by atomic mass is 10.0. The SMILES string of the molecule is COc1ccccc1C(CNC(=O)C(=O)c1ccc(C)cc1)N(C)C. The fraction of sp³-hybridized carbons (Fsp3) is 0.300. The van der Waals surface area contributed by atoms with Gasteiger partial charge in [0.1, 0.15) is 5.75 Å². The molecule has 2 aromatic carbocycles. The molecule has 0 aromatic heterocycles.